The molecule has 134 valence electrons. The van der Waals surface area contributed by atoms with Crippen molar-refractivity contribution in [1.82, 2.24) is 19.4 Å². The van der Waals surface area contributed by atoms with E-state index in [2.05, 4.69) is 10.4 Å². The Kier molecular flexibility index (Phi) is 5.77. The van der Waals surface area contributed by atoms with Crippen molar-refractivity contribution in [2.75, 3.05) is 31.1 Å². The van der Waals surface area contributed by atoms with Crippen LogP contribution < -0.4 is 5.32 Å². The van der Waals surface area contributed by atoms with E-state index in [0.29, 0.717) is 31.7 Å². The molecule has 0 spiro atoms. The summed E-state index contributed by atoms with van der Waals surface area (Å²) in [6.07, 6.45) is 3.49. The number of carbonyl (C=O) groups excluding carboxylic acids is 1. The molecule has 0 radical (unpaired) electrons. The van der Waals surface area contributed by atoms with Crippen molar-refractivity contribution in [3.05, 3.63) is 48.3 Å². The first-order valence-corrected chi connectivity index (χ1v) is 10.6. The van der Waals surface area contributed by atoms with Gasteiger partial charge in [0.2, 0.25) is 10.0 Å². The Morgan fingerprint density at radius 3 is 2.76 bits per heavy atom. The molecule has 2 aromatic rings. The molecule has 1 aromatic heterocycles. The van der Waals surface area contributed by atoms with Gasteiger partial charge in [0.05, 0.1) is 11.4 Å². The van der Waals surface area contributed by atoms with Crippen LogP contribution in [0.15, 0.2) is 47.6 Å². The largest absolute Gasteiger partial charge is 0.350 e. The summed E-state index contributed by atoms with van der Waals surface area (Å²) in [6, 6.07) is 8.02. The monoisotopic (exact) mass is 380 g/mol. The van der Waals surface area contributed by atoms with Gasteiger partial charge in [-0.1, -0.05) is 6.07 Å². The van der Waals surface area contributed by atoms with Crippen LogP contribution in [0.25, 0.3) is 0 Å². The molecule has 0 unspecified atom stereocenters. The van der Waals surface area contributed by atoms with Gasteiger partial charge in [-0.3, -0.25) is 9.48 Å². The van der Waals surface area contributed by atoms with Crippen LogP contribution in [-0.4, -0.2) is 59.6 Å². The second-order valence-corrected chi connectivity index (χ2v) is 8.73. The summed E-state index contributed by atoms with van der Waals surface area (Å²) in [7, 11) is -3.55. The Balaban J connectivity index is 1.66. The molecule has 1 aromatic carbocycles. The molecule has 1 saturated heterocycles. The van der Waals surface area contributed by atoms with Crippen molar-refractivity contribution in [2.45, 2.75) is 11.4 Å². The van der Waals surface area contributed by atoms with Gasteiger partial charge in [-0.05, 0) is 24.3 Å². The molecule has 1 fully saturated rings. The summed E-state index contributed by atoms with van der Waals surface area (Å²) in [5.74, 6) is 1.30. The van der Waals surface area contributed by atoms with E-state index in [1.54, 1.807) is 34.8 Å². The van der Waals surface area contributed by atoms with Crippen LogP contribution in [0.2, 0.25) is 0 Å². The van der Waals surface area contributed by atoms with E-state index in [0.717, 1.165) is 11.5 Å². The summed E-state index contributed by atoms with van der Waals surface area (Å²) < 4.78 is 28.6. The number of hydrogen-bond donors (Lipinski definition) is 1. The van der Waals surface area contributed by atoms with Gasteiger partial charge in [-0.15, -0.1) is 0 Å². The second-order valence-electron chi connectivity index (χ2n) is 5.57. The Labute approximate surface area is 151 Å². The fraction of sp³-hybridized carbons (Fsp3) is 0.375. The highest BCUT2D eigenvalue weighted by Gasteiger charge is 2.26. The van der Waals surface area contributed by atoms with Crippen molar-refractivity contribution >= 4 is 27.7 Å². The highest BCUT2D eigenvalue weighted by molar-refractivity contribution is 7.99. The van der Waals surface area contributed by atoms with Gasteiger partial charge < -0.3 is 5.32 Å². The predicted octanol–water partition coefficient (Wildman–Crippen LogP) is 1.05. The maximum atomic E-state index is 12.7. The minimum Gasteiger partial charge on any atom is -0.350 e. The van der Waals surface area contributed by atoms with Crippen LogP contribution in [0.1, 0.15) is 10.4 Å². The number of sulfonamides is 1. The number of benzene rings is 1. The van der Waals surface area contributed by atoms with Crippen molar-refractivity contribution < 1.29 is 13.2 Å². The Morgan fingerprint density at radius 2 is 2.04 bits per heavy atom. The molecule has 1 aliphatic heterocycles. The fourth-order valence-corrected chi connectivity index (χ4v) is 5.17. The molecule has 1 aliphatic rings. The normalized spacial score (nSPS) is 15.8. The van der Waals surface area contributed by atoms with Crippen LogP contribution in [-0.2, 0) is 16.6 Å². The van der Waals surface area contributed by atoms with Crippen molar-refractivity contribution in [2.24, 2.45) is 0 Å². The lowest BCUT2D eigenvalue weighted by atomic mass is 10.2. The van der Waals surface area contributed by atoms with Gasteiger partial charge in [-0.2, -0.15) is 21.2 Å². The van der Waals surface area contributed by atoms with Gasteiger partial charge in [-0.25, -0.2) is 8.42 Å². The highest BCUT2D eigenvalue weighted by Crippen LogP contribution is 2.21. The zero-order valence-corrected chi connectivity index (χ0v) is 15.3. The lowest BCUT2D eigenvalue weighted by molar-refractivity contribution is 0.0951. The Bertz CT molecular complexity index is 816. The number of hydrogen-bond acceptors (Lipinski definition) is 5. The summed E-state index contributed by atoms with van der Waals surface area (Å²) in [5.41, 5.74) is 0.341. The number of amides is 1. The van der Waals surface area contributed by atoms with Crippen LogP contribution in [0.4, 0.5) is 0 Å². The number of nitrogens with zero attached hydrogens (tertiary/aromatic N) is 3. The third kappa shape index (κ3) is 4.42. The topological polar surface area (TPSA) is 84.3 Å². The lowest BCUT2D eigenvalue weighted by Gasteiger charge is -2.25. The number of aromatic nitrogens is 2. The Morgan fingerprint density at radius 1 is 1.24 bits per heavy atom. The van der Waals surface area contributed by atoms with E-state index in [4.69, 9.17) is 0 Å². The first kappa shape index (κ1) is 18.0. The molecule has 0 saturated carbocycles. The van der Waals surface area contributed by atoms with Gasteiger partial charge in [0.15, 0.2) is 0 Å². The fourth-order valence-electron chi connectivity index (χ4n) is 2.55. The van der Waals surface area contributed by atoms with E-state index >= 15 is 0 Å². The van der Waals surface area contributed by atoms with Crippen molar-refractivity contribution in [3.63, 3.8) is 0 Å². The van der Waals surface area contributed by atoms with Gasteiger partial charge in [0, 0.05) is 49.1 Å². The molecule has 1 amide bonds. The minimum atomic E-state index is -3.55. The minimum absolute atomic E-state index is 0.166. The van der Waals surface area contributed by atoms with E-state index in [1.165, 1.54) is 16.4 Å². The summed E-state index contributed by atoms with van der Waals surface area (Å²) in [4.78, 5) is 12.4. The summed E-state index contributed by atoms with van der Waals surface area (Å²) >= 11 is 1.75. The molecular weight excluding hydrogens is 360 g/mol. The highest BCUT2D eigenvalue weighted by atomic mass is 32.2. The molecule has 0 aliphatic carbocycles. The van der Waals surface area contributed by atoms with Gasteiger partial charge in [0.1, 0.15) is 0 Å². The Hall–Kier alpha value is -1.84. The van der Waals surface area contributed by atoms with E-state index in [9.17, 15) is 13.2 Å². The van der Waals surface area contributed by atoms with Crippen molar-refractivity contribution in [3.8, 4) is 0 Å². The number of rotatable bonds is 6. The zero-order valence-electron chi connectivity index (χ0n) is 13.7. The molecular formula is C16H20N4O3S2. The standard InChI is InChI=1S/C16H20N4O3S2/c21-16(17-6-8-19-7-2-5-18-19)14-3-1-4-15(13-14)25(22,23)20-9-11-24-12-10-20/h1-5,7,13H,6,8-12H2,(H,17,21). The SMILES string of the molecule is O=C(NCCn1cccn1)c1cccc(S(=O)(=O)N2CCSCC2)c1. The number of carbonyl (C=O) groups is 1. The average Bonchev–Trinajstić information content (AvgIpc) is 3.16. The quantitative estimate of drug-likeness (QED) is 0.810. The maximum Gasteiger partial charge on any atom is 0.251 e. The van der Waals surface area contributed by atoms with Crippen LogP contribution >= 0.6 is 11.8 Å². The smallest absolute Gasteiger partial charge is 0.251 e. The van der Waals surface area contributed by atoms with E-state index in [1.807, 2.05) is 12.3 Å². The molecule has 2 heterocycles. The zero-order chi connectivity index (χ0) is 17.7. The van der Waals surface area contributed by atoms with Crippen LogP contribution in [0, 0.1) is 0 Å². The average molecular weight is 380 g/mol. The van der Waals surface area contributed by atoms with Gasteiger partial charge >= 0.3 is 0 Å². The molecule has 25 heavy (non-hydrogen) atoms. The second kappa shape index (κ2) is 8.03. The molecule has 3 rings (SSSR count). The molecule has 0 bridgehead atoms. The summed E-state index contributed by atoms with van der Waals surface area (Å²) in [6.45, 7) is 1.99. The third-order valence-corrected chi connectivity index (χ3v) is 6.73. The first-order chi connectivity index (χ1) is 12.1. The first-order valence-electron chi connectivity index (χ1n) is 8.01. The lowest BCUT2D eigenvalue weighted by Crippen LogP contribution is -2.38. The van der Waals surface area contributed by atoms with Crippen molar-refractivity contribution in [1.29, 1.82) is 0 Å². The maximum absolute atomic E-state index is 12.7. The van der Waals surface area contributed by atoms with E-state index in [-0.39, 0.29) is 10.8 Å². The molecule has 0 atom stereocenters. The molecule has 9 heteroatoms. The number of thioether (sulfide) groups is 1. The van der Waals surface area contributed by atoms with Crippen LogP contribution in [0.5, 0.6) is 0 Å². The molecule has 7 nitrogen and oxygen atoms in total. The molecule has 1 N–H and O–H groups in total. The predicted molar refractivity (Wildman–Crippen MR) is 97.1 cm³/mol. The van der Waals surface area contributed by atoms with Crippen LogP contribution in [0.3, 0.4) is 0 Å². The summed E-state index contributed by atoms with van der Waals surface area (Å²) in [5, 5.41) is 6.85. The number of nitrogens with one attached hydrogen (secondary N) is 1. The third-order valence-electron chi connectivity index (χ3n) is 3.89. The van der Waals surface area contributed by atoms with E-state index < -0.39 is 10.0 Å². The van der Waals surface area contributed by atoms with Gasteiger partial charge in [0.25, 0.3) is 5.91 Å².